The van der Waals surface area contributed by atoms with Crippen molar-refractivity contribution in [2.24, 2.45) is 0 Å². The molecule has 0 fully saturated rings. The maximum Gasteiger partial charge on any atom is 0.284 e. The average molecular weight is 547 g/mol. The lowest BCUT2D eigenvalue weighted by atomic mass is 10.1. The Morgan fingerprint density at radius 3 is 2.46 bits per heavy atom. The Morgan fingerprint density at radius 1 is 1.08 bits per heavy atom. The summed E-state index contributed by atoms with van der Waals surface area (Å²) in [6.07, 6.45) is 1.31. The van der Waals surface area contributed by atoms with Gasteiger partial charge in [-0.15, -0.1) is 0 Å². The van der Waals surface area contributed by atoms with Gasteiger partial charge in [0.15, 0.2) is 5.65 Å². The topological polar surface area (TPSA) is 134 Å². The summed E-state index contributed by atoms with van der Waals surface area (Å²) in [6, 6.07) is 15.0. The molecule has 12 heteroatoms. The first kappa shape index (κ1) is 26.0. The highest BCUT2D eigenvalue weighted by Crippen LogP contribution is 2.31. The lowest BCUT2D eigenvalue weighted by molar-refractivity contribution is 0.102. The summed E-state index contributed by atoms with van der Waals surface area (Å²) in [5.41, 5.74) is 8.61. The number of anilines is 2. The number of benzene rings is 2. The van der Waals surface area contributed by atoms with Crippen LogP contribution >= 0.6 is 11.6 Å². The Labute approximate surface area is 227 Å². The van der Waals surface area contributed by atoms with Crippen LogP contribution in [-0.4, -0.2) is 42.1 Å². The summed E-state index contributed by atoms with van der Waals surface area (Å²) in [4.78, 5) is 34.7. The fourth-order valence-electron chi connectivity index (χ4n) is 4.09. The minimum Gasteiger partial charge on any atom is -0.383 e. The van der Waals surface area contributed by atoms with Crippen LogP contribution in [0.3, 0.4) is 0 Å². The molecule has 0 radical (unpaired) electrons. The van der Waals surface area contributed by atoms with Crippen LogP contribution in [0, 0.1) is 0 Å². The van der Waals surface area contributed by atoms with Crippen molar-refractivity contribution < 1.29 is 9.18 Å². The maximum absolute atomic E-state index is 13.3. The van der Waals surface area contributed by atoms with Crippen molar-refractivity contribution in [3.63, 3.8) is 0 Å². The number of nitrogens with zero attached hydrogens (tertiary/aromatic N) is 6. The van der Waals surface area contributed by atoms with E-state index in [1.807, 2.05) is 13.8 Å². The van der Waals surface area contributed by atoms with E-state index in [1.54, 1.807) is 48.5 Å². The first-order valence-electron chi connectivity index (χ1n) is 12.1. The van der Waals surface area contributed by atoms with Gasteiger partial charge in [-0.25, -0.2) is 19.0 Å². The van der Waals surface area contributed by atoms with Crippen LogP contribution in [0.5, 0.6) is 0 Å². The van der Waals surface area contributed by atoms with Crippen LogP contribution in [0.25, 0.3) is 28.0 Å². The van der Waals surface area contributed by atoms with Crippen LogP contribution in [-0.2, 0) is 6.54 Å². The second-order valence-corrected chi connectivity index (χ2v) is 9.52. The molecule has 0 saturated carbocycles. The third-order valence-electron chi connectivity index (χ3n) is 6.11. The van der Waals surface area contributed by atoms with Gasteiger partial charge in [0.05, 0.1) is 23.3 Å². The number of fused-ring (bicyclic) bond motifs is 1. The second kappa shape index (κ2) is 10.6. The lowest BCUT2D eigenvalue weighted by Gasteiger charge is -2.13. The fourth-order valence-corrected chi connectivity index (χ4v) is 4.22. The van der Waals surface area contributed by atoms with Crippen molar-refractivity contribution >= 4 is 40.0 Å². The number of amides is 1. The molecule has 5 aromatic rings. The molecular weight excluding hydrogens is 523 g/mol. The average Bonchev–Trinajstić information content (AvgIpc) is 3.29. The normalized spacial score (nSPS) is 11.3. The van der Waals surface area contributed by atoms with Gasteiger partial charge in [-0.3, -0.25) is 9.59 Å². The Bertz CT molecular complexity index is 1730. The van der Waals surface area contributed by atoms with Gasteiger partial charge in [0.1, 0.15) is 30.1 Å². The van der Waals surface area contributed by atoms with E-state index in [2.05, 4.69) is 25.5 Å². The molecule has 5 rings (SSSR count). The zero-order chi connectivity index (χ0) is 27.7. The largest absolute Gasteiger partial charge is 0.383 e. The Kier molecular flexibility index (Phi) is 7.07. The van der Waals surface area contributed by atoms with Gasteiger partial charge in [-0.1, -0.05) is 37.6 Å². The van der Waals surface area contributed by atoms with E-state index in [0.717, 1.165) is 0 Å². The standard InChI is InChI=1S/C27H24ClFN8O2/c1-15(2)21-13-20(27(39)37(34-21)19-9-5-17(28)6-10-19)26(38)33-18-7-3-16(4-8-18)23-22-24(30)31-14-32-25(22)36(35-23)12-11-29/h3-10,13-15H,11-12H2,1-2H3,(H,33,38)(H2,30,31,32). The summed E-state index contributed by atoms with van der Waals surface area (Å²) in [5, 5.41) is 12.7. The molecule has 2 aromatic carbocycles. The monoisotopic (exact) mass is 546 g/mol. The molecular formula is C27H24ClFN8O2. The summed E-state index contributed by atoms with van der Waals surface area (Å²) in [6.45, 7) is 3.27. The Hall–Kier alpha value is -4.64. The van der Waals surface area contributed by atoms with Gasteiger partial charge < -0.3 is 11.1 Å². The van der Waals surface area contributed by atoms with Crippen molar-refractivity contribution in [1.82, 2.24) is 29.5 Å². The van der Waals surface area contributed by atoms with Crippen LogP contribution < -0.4 is 16.6 Å². The number of halogens is 2. The number of alkyl halides is 1. The predicted molar refractivity (Wildman–Crippen MR) is 148 cm³/mol. The van der Waals surface area contributed by atoms with Crippen molar-refractivity contribution in [2.75, 3.05) is 17.7 Å². The van der Waals surface area contributed by atoms with Gasteiger partial charge in [0.25, 0.3) is 11.5 Å². The molecule has 0 spiro atoms. The number of carbonyl (C=O) groups is 1. The van der Waals surface area contributed by atoms with Gasteiger partial charge in [-0.2, -0.15) is 14.9 Å². The van der Waals surface area contributed by atoms with Crippen LogP contribution in [0.2, 0.25) is 5.02 Å². The predicted octanol–water partition coefficient (Wildman–Crippen LogP) is 4.62. The molecule has 39 heavy (non-hydrogen) atoms. The van der Waals surface area contributed by atoms with E-state index in [9.17, 15) is 14.0 Å². The molecule has 3 heterocycles. The minimum atomic E-state index is -0.613. The molecule has 0 unspecified atom stereocenters. The zero-order valence-corrected chi connectivity index (χ0v) is 21.9. The van der Waals surface area contributed by atoms with E-state index in [4.69, 9.17) is 17.3 Å². The molecule has 0 aliphatic heterocycles. The Morgan fingerprint density at radius 2 is 1.79 bits per heavy atom. The first-order chi connectivity index (χ1) is 18.8. The second-order valence-electron chi connectivity index (χ2n) is 9.08. The van der Waals surface area contributed by atoms with E-state index < -0.39 is 18.1 Å². The van der Waals surface area contributed by atoms with Crippen LogP contribution in [0.4, 0.5) is 15.9 Å². The van der Waals surface area contributed by atoms with Crippen molar-refractivity contribution in [1.29, 1.82) is 0 Å². The summed E-state index contributed by atoms with van der Waals surface area (Å²) < 4.78 is 15.7. The number of hydrogen-bond donors (Lipinski definition) is 2. The van der Waals surface area contributed by atoms with Gasteiger partial charge in [0, 0.05) is 16.3 Å². The number of aromatic nitrogens is 6. The van der Waals surface area contributed by atoms with E-state index in [-0.39, 0.29) is 23.8 Å². The molecule has 0 aliphatic rings. The van der Waals surface area contributed by atoms with Crippen molar-refractivity contribution in [3.8, 4) is 16.9 Å². The molecule has 3 N–H and O–H groups in total. The van der Waals surface area contributed by atoms with Crippen molar-refractivity contribution in [3.05, 3.63) is 87.6 Å². The molecule has 0 aliphatic carbocycles. The van der Waals surface area contributed by atoms with E-state index in [1.165, 1.54) is 21.8 Å². The lowest BCUT2D eigenvalue weighted by Crippen LogP contribution is -2.31. The molecule has 10 nitrogen and oxygen atoms in total. The van der Waals surface area contributed by atoms with E-state index >= 15 is 0 Å². The number of nitrogen functional groups attached to an aromatic ring is 1. The molecule has 3 aromatic heterocycles. The SMILES string of the molecule is CC(C)c1cc(C(=O)Nc2ccc(-c3nn(CCF)c4ncnc(N)c34)cc2)c(=O)n(-c2ccc(Cl)cc2)n1. The highest BCUT2D eigenvalue weighted by atomic mass is 35.5. The number of nitrogens with one attached hydrogen (secondary N) is 1. The summed E-state index contributed by atoms with van der Waals surface area (Å²) in [5.74, 6) is -0.374. The molecule has 0 saturated heterocycles. The van der Waals surface area contributed by atoms with Crippen LogP contribution in [0.1, 0.15) is 35.8 Å². The smallest absolute Gasteiger partial charge is 0.284 e. The number of carbonyl (C=O) groups excluding carboxylic acids is 1. The Balaban J connectivity index is 1.47. The molecule has 0 bridgehead atoms. The number of rotatable bonds is 7. The van der Waals surface area contributed by atoms with Gasteiger partial charge in [-0.05, 0) is 48.4 Å². The number of aryl methyl sites for hydroxylation is 1. The molecule has 198 valence electrons. The van der Waals surface area contributed by atoms with Gasteiger partial charge in [0.2, 0.25) is 0 Å². The summed E-state index contributed by atoms with van der Waals surface area (Å²) >= 11 is 5.99. The van der Waals surface area contributed by atoms with E-state index in [0.29, 0.717) is 44.4 Å². The van der Waals surface area contributed by atoms with Gasteiger partial charge >= 0.3 is 0 Å². The highest BCUT2D eigenvalue weighted by Gasteiger charge is 2.20. The fraction of sp³-hybridized carbons (Fsp3) is 0.185. The maximum atomic E-state index is 13.3. The third-order valence-corrected chi connectivity index (χ3v) is 6.36. The quantitative estimate of drug-likeness (QED) is 0.304. The molecule has 1 amide bonds. The third kappa shape index (κ3) is 5.08. The zero-order valence-electron chi connectivity index (χ0n) is 21.1. The molecule has 0 atom stereocenters. The number of nitrogens with two attached hydrogens (primary N) is 1. The van der Waals surface area contributed by atoms with Crippen LogP contribution in [0.15, 0.2) is 65.7 Å². The summed E-state index contributed by atoms with van der Waals surface area (Å²) in [7, 11) is 0. The minimum absolute atomic E-state index is 0.0267. The van der Waals surface area contributed by atoms with Crippen molar-refractivity contribution in [2.45, 2.75) is 26.3 Å². The highest BCUT2D eigenvalue weighted by molar-refractivity contribution is 6.30. The first-order valence-corrected chi connectivity index (χ1v) is 12.5. The number of hydrogen-bond acceptors (Lipinski definition) is 7.